The fourth-order valence-corrected chi connectivity index (χ4v) is 1.57. The zero-order valence-electron chi connectivity index (χ0n) is 7.01. The van der Waals surface area contributed by atoms with E-state index in [4.69, 9.17) is 5.11 Å². The fraction of sp³-hybridized carbons (Fsp3) is 0.125. The Morgan fingerprint density at radius 1 is 1.50 bits per heavy atom. The molecule has 0 radical (unpaired) electrons. The van der Waals surface area contributed by atoms with E-state index in [0.29, 0.717) is 11.0 Å². The molecule has 0 saturated carbocycles. The van der Waals surface area contributed by atoms with Gasteiger partial charge in [0.15, 0.2) is 6.54 Å². The second kappa shape index (κ2) is 3.38. The molecular formula is C8H6BrN3O2. The molecule has 1 aromatic carbocycles. The van der Waals surface area contributed by atoms with Crippen LogP contribution in [0.5, 0.6) is 0 Å². The van der Waals surface area contributed by atoms with Gasteiger partial charge < -0.3 is 5.11 Å². The number of carbonyl (C=O) groups is 1. The highest BCUT2D eigenvalue weighted by atomic mass is 79.9. The van der Waals surface area contributed by atoms with Gasteiger partial charge in [0, 0.05) is 4.47 Å². The number of hydrogen-bond donors (Lipinski definition) is 1. The molecule has 5 nitrogen and oxygen atoms in total. The topological polar surface area (TPSA) is 68.0 Å². The maximum atomic E-state index is 10.4. The largest absolute Gasteiger partial charge is 0.480 e. The molecule has 0 amide bonds. The number of benzene rings is 1. The van der Waals surface area contributed by atoms with Gasteiger partial charge in [-0.1, -0.05) is 6.07 Å². The van der Waals surface area contributed by atoms with Crippen LogP contribution in [0.25, 0.3) is 11.0 Å². The molecule has 72 valence electrons. The lowest BCUT2D eigenvalue weighted by molar-refractivity contribution is -0.138. The molecule has 2 aromatic rings. The van der Waals surface area contributed by atoms with E-state index in [1.54, 1.807) is 6.07 Å². The molecule has 14 heavy (non-hydrogen) atoms. The molecule has 0 saturated heterocycles. The molecule has 0 fully saturated rings. The Labute approximate surface area is 87.5 Å². The third-order valence-electron chi connectivity index (χ3n) is 1.68. The van der Waals surface area contributed by atoms with E-state index < -0.39 is 5.97 Å². The molecule has 2 rings (SSSR count). The Bertz CT molecular complexity index is 494. The van der Waals surface area contributed by atoms with Gasteiger partial charge in [0.2, 0.25) is 0 Å². The summed E-state index contributed by atoms with van der Waals surface area (Å²) in [6.45, 7) is -0.221. The molecule has 6 heteroatoms. The minimum Gasteiger partial charge on any atom is -0.480 e. The summed E-state index contributed by atoms with van der Waals surface area (Å²) in [5, 5.41) is 16.6. The van der Waals surface area contributed by atoms with Crippen LogP contribution in [0.1, 0.15) is 0 Å². The number of fused-ring (bicyclic) bond motifs is 1. The molecule has 0 atom stereocenters. The minimum atomic E-state index is -0.957. The second-order valence-corrected chi connectivity index (χ2v) is 3.59. The fourth-order valence-electron chi connectivity index (χ4n) is 1.14. The highest BCUT2D eigenvalue weighted by molar-refractivity contribution is 9.10. The van der Waals surface area contributed by atoms with E-state index in [9.17, 15) is 4.79 Å². The van der Waals surface area contributed by atoms with Crippen LogP contribution in [0, 0.1) is 0 Å². The van der Waals surface area contributed by atoms with Gasteiger partial charge in [-0.25, -0.2) is 0 Å². The SMILES string of the molecule is O=C(O)Cn1nc2cccc(Br)c2n1. The van der Waals surface area contributed by atoms with Gasteiger partial charge in [0.1, 0.15) is 11.0 Å². The summed E-state index contributed by atoms with van der Waals surface area (Å²) >= 11 is 3.31. The van der Waals surface area contributed by atoms with Crippen molar-refractivity contribution < 1.29 is 9.90 Å². The Kier molecular flexibility index (Phi) is 2.20. The predicted molar refractivity (Wildman–Crippen MR) is 52.9 cm³/mol. The van der Waals surface area contributed by atoms with Crippen LogP contribution in [0.3, 0.4) is 0 Å². The van der Waals surface area contributed by atoms with E-state index in [1.165, 1.54) is 0 Å². The summed E-state index contributed by atoms with van der Waals surface area (Å²) in [4.78, 5) is 11.6. The summed E-state index contributed by atoms with van der Waals surface area (Å²) in [7, 11) is 0. The van der Waals surface area contributed by atoms with Gasteiger partial charge in [0.05, 0.1) is 0 Å². The molecule has 1 N–H and O–H groups in total. The van der Waals surface area contributed by atoms with Crippen LogP contribution in [0.2, 0.25) is 0 Å². The van der Waals surface area contributed by atoms with Crippen molar-refractivity contribution in [3.8, 4) is 0 Å². The number of hydrogen-bond acceptors (Lipinski definition) is 3. The monoisotopic (exact) mass is 255 g/mol. The highest BCUT2D eigenvalue weighted by Gasteiger charge is 2.07. The average molecular weight is 256 g/mol. The lowest BCUT2D eigenvalue weighted by atomic mass is 10.3. The quantitative estimate of drug-likeness (QED) is 0.878. The molecule has 1 aromatic heterocycles. The van der Waals surface area contributed by atoms with Crippen LogP contribution < -0.4 is 0 Å². The standard InChI is InChI=1S/C8H6BrN3O2/c9-5-2-1-3-6-8(5)11-12(10-6)4-7(13)14/h1-3H,4H2,(H,13,14). The maximum absolute atomic E-state index is 10.4. The normalized spacial score (nSPS) is 10.6. The Hall–Kier alpha value is -1.43. The van der Waals surface area contributed by atoms with Crippen molar-refractivity contribution in [2.24, 2.45) is 0 Å². The summed E-state index contributed by atoms with van der Waals surface area (Å²) in [6, 6.07) is 5.44. The van der Waals surface area contributed by atoms with Gasteiger partial charge in [0.25, 0.3) is 0 Å². The van der Waals surface area contributed by atoms with Crippen molar-refractivity contribution in [2.45, 2.75) is 6.54 Å². The first-order valence-electron chi connectivity index (χ1n) is 3.88. The van der Waals surface area contributed by atoms with E-state index in [2.05, 4.69) is 26.1 Å². The van der Waals surface area contributed by atoms with Gasteiger partial charge in [-0.15, -0.1) is 0 Å². The average Bonchev–Trinajstić information content (AvgIpc) is 2.47. The number of rotatable bonds is 2. The number of carboxylic acid groups (broad SMARTS) is 1. The van der Waals surface area contributed by atoms with E-state index >= 15 is 0 Å². The van der Waals surface area contributed by atoms with Gasteiger partial charge in [-0.2, -0.15) is 15.0 Å². The van der Waals surface area contributed by atoms with Crippen molar-refractivity contribution in [3.63, 3.8) is 0 Å². The van der Waals surface area contributed by atoms with E-state index in [0.717, 1.165) is 9.27 Å². The number of aromatic nitrogens is 3. The van der Waals surface area contributed by atoms with Crippen LogP contribution in [0.15, 0.2) is 22.7 Å². The van der Waals surface area contributed by atoms with Crippen LogP contribution in [-0.2, 0) is 11.3 Å². The first-order chi connectivity index (χ1) is 6.66. The van der Waals surface area contributed by atoms with Gasteiger partial charge >= 0.3 is 5.97 Å². The number of carboxylic acids is 1. The first-order valence-corrected chi connectivity index (χ1v) is 4.67. The van der Waals surface area contributed by atoms with E-state index in [1.807, 2.05) is 12.1 Å². The second-order valence-electron chi connectivity index (χ2n) is 2.73. The summed E-state index contributed by atoms with van der Waals surface area (Å²) in [6.07, 6.45) is 0. The Morgan fingerprint density at radius 2 is 2.29 bits per heavy atom. The summed E-state index contributed by atoms with van der Waals surface area (Å²) < 4.78 is 0.812. The molecule has 1 heterocycles. The molecular weight excluding hydrogens is 250 g/mol. The van der Waals surface area contributed by atoms with Crippen molar-refractivity contribution in [2.75, 3.05) is 0 Å². The lowest BCUT2D eigenvalue weighted by Crippen LogP contribution is -2.11. The number of halogens is 1. The van der Waals surface area contributed by atoms with Gasteiger partial charge in [-0.05, 0) is 28.1 Å². The van der Waals surface area contributed by atoms with Crippen molar-refractivity contribution in [1.29, 1.82) is 0 Å². The highest BCUT2D eigenvalue weighted by Crippen LogP contribution is 2.19. The Morgan fingerprint density at radius 3 is 2.93 bits per heavy atom. The summed E-state index contributed by atoms with van der Waals surface area (Å²) in [5.74, 6) is -0.957. The molecule has 0 aliphatic rings. The summed E-state index contributed by atoms with van der Waals surface area (Å²) in [5.41, 5.74) is 1.36. The lowest BCUT2D eigenvalue weighted by Gasteiger charge is -1.90. The number of nitrogens with zero attached hydrogens (tertiary/aromatic N) is 3. The molecule has 0 aliphatic heterocycles. The zero-order valence-corrected chi connectivity index (χ0v) is 8.60. The van der Waals surface area contributed by atoms with E-state index in [-0.39, 0.29) is 6.54 Å². The first kappa shape index (κ1) is 9.14. The number of aliphatic carboxylic acids is 1. The van der Waals surface area contributed by atoms with Crippen LogP contribution in [-0.4, -0.2) is 26.1 Å². The molecule has 0 bridgehead atoms. The van der Waals surface area contributed by atoms with Crippen LogP contribution in [0.4, 0.5) is 0 Å². The Balaban J connectivity index is 2.51. The molecule has 0 spiro atoms. The predicted octanol–water partition coefficient (Wildman–Crippen LogP) is 1.28. The smallest absolute Gasteiger partial charge is 0.327 e. The maximum Gasteiger partial charge on any atom is 0.327 e. The van der Waals surface area contributed by atoms with Crippen LogP contribution >= 0.6 is 15.9 Å². The third kappa shape index (κ3) is 1.60. The molecule has 0 unspecified atom stereocenters. The zero-order chi connectivity index (χ0) is 10.1. The van der Waals surface area contributed by atoms with Gasteiger partial charge in [-0.3, -0.25) is 4.79 Å². The third-order valence-corrected chi connectivity index (χ3v) is 2.32. The van der Waals surface area contributed by atoms with Crippen molar-refractivity contribution in [1.82, 2.24) is 15.0 Å². The van der Waals surface area contributed by atoms with Crippen molar-refractivity contribution in [3.05, 3.63) is 22.7 Å². The van der Waals surface area contributed by atoms with Crippen molar-refractivity contribution >= 4 is 32.9 Å². The minimum absolute atomic E-state index is 0.221. The molecule has 0 aliphatic carbocycles.